The van der Waals surface area contributed by atoms with Crippen LogP contribution in [0.25, 0.3) is 0 Å². The Morgan fingerprint density at radius 1 is 1.38 bits per heavy atom. The molecule has 2 N–H and O–H groups in total. The average molecular weight is 333 g/mol. The zero-order valence-electron chi connectivity index (χ0n) is 14.4. The van der Waals surface area contributed by atoms with Crippen molar-refractivity contribution in [2.24, 2.45) is 0 Å². The van der Waals surface area contributed by atoms with Gasteiger partial charge in [-0.25, -0.2) is 4.79 Å². The number of hydrogen-bond donors (Lipinski definition) is 2. The number of methoxy groups -OCH3 is 1. The van der Waals surface area contributed by atoms with Crippen LogP contribution in [0.2, 0.25) is 0 Å². The quantitative estimate of drug-likeness (QED) is 0.769. The number of amides is 4. The summed E-state index contributed by atoms with van der Waals surface area (Å²) in [6.45, 7) is 5.41. The van der Waals surface area contributed by atoms with Crippen LogP contribution in [-0.2, 0) is 16.1 Å². The molecule has 0 aliphatic carbocycles. The molecule has 1 aliphatic rings. The molecule has 0 aromatic heterocycles. The first-order chi connectivity index (χ1) is 11.3. The van der Waals surface area contributed by atoms with Gasteiger partial charge in [-0.2, -0.15) is 0 Å². The van der Waals surface area contributed by atoms with Gasteiger partial charge in [-0.3, -0.25) is 14.5 Å². The molecule has 7 nitrogen and oxygen atoms in total. The number of nitrogens with zero attached hydrogens (tertiary/aromatic N) is 1. The van der Waals surface area contributed by atoms with Crippen molar-refractivity contribution >= 4 is 17.8 Å². The van der Waals surface area contributed by atoms with Gasteiger partial charge in [-0.15, -0.1) is 0 Å². The smallest absolute Gasteiger partial charge is 0.325 e. The number of rotatable bonds is 6. The number of carbonyl (C=O) groups is 3. The number of carbonyl (C=O) groups excluding carboxylic acids is 3. The topological polar surface area (TPSA) is 87.7 Å². The largest absolute Gasteiger partial charge is 0.496 e. The van der Waals surface area contributed by atoms with Crippen molar-refractivity contribution in [2.45, 2.75) is 39.3 Å². The van der Waals surface area contributed by atoms with Gasteiger partial charge in [-0.05, 0) is 37.5 Å². The van der Waals surface area contributed by atoms with Crippen molar-refractivity contribution in [3.05, 3.63) is 29.3 Å². The number of benzene rings is 1. The van der Waals surface area contributed by atoms with E-state index in [0.29, 0.717) is 13.0 Å². The van der Waals surface area contributed by atoms with Crippen LogP contribution in [0.3, 0.4) is 0 Å². The van der Waals surface area contributed by atoms with Crippen molar-refractivity contribution in [3.63, 3.8) is 0 Å². The highest BCUT2D eigenvalue weighted by Gasteiger charge is 2.46. The molecule has 2 rings (SSSR count). The third kappa shape index (κ3) is 3.50. The molecular weight excluding hydrogens is 310 g/mol. The van der Waals surface area contributed by atoms with Crippen molar-refractivity contribution in [3.8, 4) is 5.75 Å². The summed E-state index contributed by atoms with van der Waals surface area (Å²) in [4.78, 5) is 37.2. The van der Waals surface area contributed by atoms with E-state index in [-0.39, 0.29) is 12.5 Å². The van der Waals surface area contributed by atoms with Gasteiger partial charge >= 0.3 is 6.03 Å². The molecule has 130 valence electrons. The van der Waals surface area contributed by atoms with Crippen LogP contribution in [0.5, 0.6) is 5.75 Å². The van der Waals surface area contributed by atoms with E-state index in [9.17, 15) is 14.4 Å². The fraction of sp³-hybridized carbons (Fsp3) is 0.471. The molecule has 24 heavy (non-hydrogen) atoms. The molecule has 1 aromatic rings. The van der Waals surface area contributed by atoms with Crippen molar-refractivity contribution in [2.75, 3.05) is 13.7 Å². The highest BCUT2D eigenvalue weighted by molar-refractivity contribution is 6.08. The first-order valence-corrected chi connectivity index (χ1v) is 7.85. The normalized spacial score (nSPS) is 20.1. The minimum Gasteiger partial charge on any atom is -0.496 e. The van der Waals surface area contributed by atoms with Crippen LogP contribution >= 0.6 is 0 Å². The minimum absolute atomic E-state index is 0.288. The number of nitrogens with one attached hydrogen (secondary N) is 2. The van der Waals surface area contributed by atoms with Gasteiger partial charge < -0.3 is 15.4 Å². The van der Waals surface area contributed by atoms with E-state index >= 15 is 0 Å². The van der Waals surface area contributed by atoms with Gasteiger partial charge in [0.2, 0.25) is 5.91 Å². The van der Waals surface area contributed by atoms with Gasteiger partial charge in [0.1, 0.15) is 17.8 Å². The Bertz CT molecular complexity index is 674. The molecule has 1 aromatic carbocycles. The molecule has 1 aliphatic heterocycles. The van der Waals surface area contributed by atoms with Crippen LogP contribution in [0.4, 0.5) is 4.79 Å². The maximum absolute atomic E-state index is 12.2. The summed E-state index contributed by atoms with van der Waals surface area (Å²) in [5.74, 6) is -0.0184. The third-order valence-corrected chi connectivity index (χ3v) is 4.32. The van der Waals surface area contributed by atoms with E-state index < -0.39 is 17.5 Å². The Labute approximate surface area is 141 Å². The zero-order valence-corrected chi connectivity index (χ0v) is 14.4. The lowest BCUT2D eigenvalue weighted by Crippen LogP contribution is -2.44. The fourth-order valence-corrected chi connectivity index (χ4v) is 2.50. The van der Waals surface area contributed by atoms with E-state index in [1.54, 1.807) is 14.0 Å². The summed E-state index contributed by atoms with van der Waals surface area (Å²) < 4.78 is 5.24. The van der Waals surface area contributed by atoms with E-state index in [4.69, 9.17) is 4.74 Å². The molecule has 1 fully saturated rings. The van der Waals surface area contributed by atoms with Crippen molar-refractivity contribution in [1.82, 2.24) is 15.5 Å². The molecule has 0 saturated carbocycles. The average Bonchev–Trinajstić information content (AvgIpc) is 2.78. The Kier molecular flexibility index (Phi) is 5.11. The lowest BCUT2D eigenvalue weighted by molar-refractivity contribution is -0.134. The number of hydrogen-bond acceptors (Lipinski definition) is 4. The van der Waals surface area contributed by atoms with Gasteiger partial charge in [0.05, 0.1) is 7.11 Å². The molecule has 0 bridgehead atoms. The first kappa shape index (κ1) is 17.8. The van der Waals surface area contributed by atoms with Gasteiger partial charge in [0.15, 0.2) is 0 Å². The second-order valence-electron chi connectivity index (χ2n) is 6.09. The molecule has 4 amide bonds. The first-order valence-electron chi connectivity index (χ1n) is 7.85. The van der Waals surface area contributed by atoms with E-state index in [1.165, 1.54) is 0 Å². The fourth-order valence-electron chi connectivity index (χ4n) is 2.50. The van der Waals surface area contributed by atoms with Crippen LogP contribution in [0.1, 0.15) is 31.4 Å². The van der Waals surface area contributed by atoms with Crippen LogP contribution in [0.15, 0.2) is 18.2 Å². The maximum Gasteiger partial charge on any atom is 0.325 e. The van der Waals surface area contributed by atoms with Gasteiger partial charge in [0, 0.05) is 6.54 Å². The SMILES string of the molecule is CCC1(C)NC(=O)N(CC(=O)NCc2ccc(C)c(OC)c2)C1=O. The summed E-state index contributed by atoms with van der Waals surface area (Å²) >= 11 is 0. The predicted octanol–water partition coefficient (Wildman–Crippen LogP) is 1.34. The Morgan fingerprint density at radius 3 is 2.67 bits per heavy atom. The van der Waals surface area contributed by atoms with Gasteiger partial charge in [-0.1, -0.05) is 19.1 Å². The Hall–Kier alpha value is -2.57. The highest BCUT2D eigenvalue weighted by atomic mass is 16.5. The molecule has 1 saturated heterocycles. The molecule has 0 spiro atoms. The number of urea groups is 1. The van der Waals surface area contributed by atoms with Crippen LogP contribution in [-0.4, -0.2) is 41.9 Å². The Morgan fingerprint density at radius 2 is 2.08 bits per heavy atom. The zero-order chi connectivity index (χ0) is 17.9. The maximum atomic E-state index is 12.2. The summed E-state index contributed by atoms with van der Waals surface area (Å²) in [5.41, 5.74) is 0.953. The molecule has 7 heteroatoms. The molecular formula is C17H23N3O4. The van der Waals surface area contributed by atoms with Crippen molar-refractivity contribution < 1.29 is 19.1 Å². The highest BCUT2D eigenvalue weighted by Crippen LogP contribution is 2.21. The standard InChI is InChI=1S/C17H23N3O4/c1-5-17(3)15(22)20(16(23)19-17)10-14(21)18-9-12-7-6-11(2)13(8-12)24-4/h6-8H,5,9-10H2,1-4H3,(H,18,21)(H,19,23). The van der Waals surface area contributed by atoms with E-state index in [2.05, 4.69) is 10.6 Å². The second kappa shape index (κ2) is 6.90. The van der Waals surface area contributed by atoms with Crippen molar-refractivity contribution in [1.29, 1.82) is 0 Å². The van der Waals surface area contributed by atoms with E-state index in [0.717, 1.165) is 21.8 Å². The number of ether oxygens (including phenoxy) is 1. The van der Waals surface area contributed by atoms with Crippen LogP contribution in [0, 0.1) is 6.92 Å². The Balaban J connectivity index is 1.94. The summed E-state index contributed by atoms with van der Waals surface area (Å²) in [6, 6.07) is 5.11. The number of aryl methyl sites for hydroxylation is 1. The molecule has 1 unspecified atom stereocenters. The van der Waals surface area contributed by atoms with E-state index in [1.807, 2.05) is 32.0 Å². The lowest BCUT2D eigenvalue weighted by atomic mass is 9.99. The summed E-state index contributed by atoms with van der Waals surface area (Å²) in [7, 11) is 1.59. The molecule has 1 atom stereocenters. The molecule has 1 heterocycles. The predicted molar refractivity (Wildman–Crippen MR) is 88.5 cm³/mol. The third-order valence-electron chi connectivity index (χ3n) is 4.32. The second-order valence-corrected chi connectivity index (χ2v) is 6.09. The monoisotopic (exact) mass is 333 g/mol. The number of imide groups is 1. The molecule has 0 radical (unpaired) electrons. The summed E-state index contributed by atoms with van der Waals surface area (Å²) in [6.07, 6.45) is 0.471. The lowest BCUT2D eigenvalue weighted by Gasteiger charge is -2.19. The van der Waals surface area contributed by atoms with Gasteiger partial charge in [0.25, 0.3) is 5.91 Å². The summed E-state index contributed by atoms with van der Waals surface area (Å²) in [5, 5.41) is 5.34. The minimum atomic E-state index is -0.929. The van der Waals surface area contributed by atoms with Crippen LogP contribution < -0.4 is 15.4 Å².